The molecule has 0 aromatic heterocycles. The van der Waals surface area contributed by atoms with E-state index in [9.17, 15) is 8.78 Å². The zero-order valence-corrected chi connectivity index (χ0v) is 8.86. The smallest absolute Gasteiger partial charge is 0.191 e. The van der Waals surface area contributed by atoms with Crippen LogP contribution in [0.5, 0.6) is 11.5 Å². The summed E-state index contributed by atoms with van der Waals surface area (Å²) in [6, 6.07) is 10.6. The van der Waals surface area contributed by atoms with Crippen molar-refractivity contribution < 1.29 is 18.6 Å². The lowest BCUT2D eigenvalue weighted by atomic mass is 10.2. The summed E-state index contributed by atoms with van der Waals surface area (Å²) in [4.78, 5) is 0. The van der Waals surface area contributed by atoms with Gasteiger partial charge in [0.05, 0.1) is 0 Å². The number of rotatable bonds is 3. The van der Waals surface area contributed by atoms with Crippen LogP contribution in [0.1, 0.15) is 5.56 Å². The van der Waals surface area contributed by atoms with Crippen LogP contribution in [0.4, 0.5) is 8.78 Å². The van der Waals surface area contributed by atoms with Crippen molar-refractivity contribution in [3.63, 3.8) is 0 Å². The normalized spacial score (nSPS) is 10.2. The van der Waals surface area contributed by atoms with Gasteiger partial charge in [0.25, 0.3) is 0 Å². The monoisotopic (exact) mass is 236 g/mol. The number of hydrogen-bond donors (Lipinski definition) is 1. The number of benzene rings is 2. The summed E-state index contributed by atoms with van der Waals surface area (Å²) in [6.07, 6.45) is 0. The van der Waals surface area contributed by atoms with E-state index in [0.29, 0.717) is 0 Å². The van der Waals surface area contributed by atoms with Crippen molar-refractivity contribution in [1.82, 2.24) is 0 Å². The summed E-state index contributed by atoms with van der Waals surface area (Å²) >= 11 is 0. The summed E-state index contributed by atoms with van der Waals surface area (Å²) in [5, 5.41) is 8.97. The number of aromatic hydroxyl groups is 1. The molecule has 2 aromatic rings. The first-order valence-corrected chi connectivity index (χ1v) is 5.01. The lowest BCUT2D eigenvalue weighted by Crippen LogP contribution is -1.99. The number of ether oxygens (including phenoxy) is 1. The molecule has 4 heteroatoms. The van der Waals surface area contributed by atoms with E-state index in [1.807, 2.05) is 18.2 Å². The van der Waals surface area contributed by atoms with Crippen LogP contribution in [0.15, 0.2) is 42.5 Å². The molecule has 17 heavy (non-hydrogen) atoms. The van der Waals surface area contributed by atoms with E-state index in [1.165, 1.54) is 0 Å². The van der Waals surface area contributed by atoms with E-state index in [4.69, 9.17) is 9.84 Å². The Hall–Kier alpha value is -2.10. The molecule has 0 amide bonds. The Morgan fingerprint density at radius 1 is 1.00 bits per heavy atom. The second-order valence-electron chi connectivity index (χ2n) is 3.51. The lowest BCUT2D eigenvalue weighted by Gasteiger charge is -2.08. The van der Waals surface area contributed by atoms with E-state index in [1.54, 1.807) is 12.1 Å². The molecule has 1 N–H and O–H groups in total. The van der Waals surface area contributed by atoms with E-state index >= 15 is 0 Å². The van der Waals surface area contributed by atoms with Crippen LogP contribution >= 0.6 is 0 Å². The minimum atomic E-state index is -0.918. The molecule has 2 nitrogen and oxygen atoms in total. The zero-order valence-electron chi connectivity index (χ0n) is 8.86. The molecular weight excluding hydrogens is 226 g/mol. The maximum absolute atomic E-state index is 13.3. The Bertz CT molecular complexity index is 489. The molecule has 0 radical (unpaired) electrons. The number of phenols is 1. The van der Waals surface area contributed by atoms with Gasteiger partial charge in [-0.15, -0.1) is 0 Å². The van der Waals surface area contributed by atoms with Crippen molar-refractivity contribution in [2.45, 2.75) is 6.61 Å². The summed E-state index contributed by atoms with van der Waals surface area (Å²) in [5.74, 6) is -2.78. The van der Waals surface area contributed by atoms with Gasteiger partial charge >= 0.3 is 0 Å². The van der Waals surface area contributed by atoms with Gasteiger partial charge in [-0.3, -0.25) is 0 Å². The van der Waals surface area contributed by atoms with Crippen LogP contribution in [0.3, 0.4) is 0 Å². The molecule has 0 unspecified atom stereocenters. The highest BCUT2D eigenvalue weighted by atomic mass is 19.1. The van der Waals surface area contributed by atoms with Gasteiger partial charge in [-0.1, -0.05) is 30.3 Å². The van der Waals surface area contributed by atoms with Crippen molar-refractivity contribution in [1.29, 1.82) is 0 Å². The minimum absolute atomic E-state index is 0.0689. The van der Waals surface area contributed by atoms with Gasteiger partial charge in [0.2, 0.25) is 0 Å². The van der Waals surface area contributed by atoms with Crippen molar-refractivity contribution >= 4 is 0 Å². The predicted octanol–water partition coefficient (Wildman–Crippen LogP) is 3.25. The molecule has 0 fully saturated rings. The van der Waals surface area contributed by atoms with Gasteiger partial charge in [-0.25, -0.2) is 8.78 Å². The molecule has 2 aromatic carbocycles. The molecular formula is C13H10F2O2. The van der Waals surface area contributed by atoms with E-state index in [0.717, 1.165) is 17.7 Å². The van der Waals surface area contributed by atoms with Gasteiger partial charge in [-0.2, -0.15) is 0 Å². The summed E-state index contributed by atoms with van der Waals surface area (Å²) in [7, 11) is 0. The van der Waals surface area contributed by atoms with Gasteiger partial charge < -0.3 is 9.84 Å². The SMILES string of the molecule is Oc1cc(F)c(OCc2ccccc2)c(F)c1. The highest BCUT2D eigenvalue weighted by molar-refractivity contribution is 5.34. The summed E-state index contributed by atoms with van der Waals surface area (Å²) in [6.45, 7) is 0.0689. The Labute approximate surface area is 97.1 Å². The van der Waals surface area contributed by atoms with Crippen molar-refractivity contribution in [3.8, 4) is 11.5 Å². The van der Waals surface area contributed by atoms with Crippen LogP contribution in [-0.4, -0.2) is 5.11 Å². The second-order valence-corrected chi connectivity index (χ2v) is 3.51. The second kappa shape index (κ2) is 4.82. The Balaban J connectivity index is 2.15. The predicted molar refractivity (Wildman–Crippen MR) is 58.8 cm³/mol. The van der Waals surface area contributed by atoms with Gasteiger partial charge in [-0.05, 0) is 5.56 Å². The van der Waals surface area contributed by atoms with Crippen LogP contribution < -0.4 is 4.74 Å². The maximum Gasteiger partial charge on any atom is 0.191 e. The summed E-state index contributed by atoms with van der Waals surface area (Å²) < 4.78 is 31.6. The average molecular weight is 236 g/mol. The fraction of sp³-hybridized carbons (Fsp3) is 0.0769. The first kappa shape index (κ1) is 11.4. The maximum atomic E-state index is 13.3. The molecule has 0 bridgehead atoms. The van der Waals surface area contributed by atoms with Crippen molar-refractivity contribution in [2.24, 2.45) is 0 Å². The van der Waals surface area contributed by atoms with Gasteiger partial charge in [0, 0.05) is 12.1 Å². The highest BCUT2D eigenvalue weighted by Gasteiger charge is 2.12. The molecule has 0 aliphatic heterocycles. The van der Waals surface area contributed by atoms with Crippen molar-refractivity contribution in [2.75, 3.05) is 0 Å². The highest BCUT2D eigenvalue weighted by Crippen LogP contribution is 2.26. The third kappa shape index (κ3) is 2.72. The molecule has 0 saturated heterocycles. The molecule has 88 valence electrons. The quantitative estimate of drug-likeness (QED) is 0.886. The molecule has 0 aliphatic carbocycles. The largest absolute Gasteiger partial charge is 0.508 e. The number of phenolic OH excluding ortho intramolecular Hbond substituents is 1. The number of hydrogen-bond acceptors (Lipinski definition) is 2. The third-order valence-electron chi connectivity index (χ3n) is 2.21. The topological polar surface area (TPSA) is 29.5 Å². The number of halogens is 2. The van der Waals surface area contributed by atoms with Crippen LogP contribution in [0.25, 0.3) is 0 Å². The molecule has 0 heterocycles. The first-order chi connectivity index (χ1) is 8.16. The summed E-state index contributed by atoms with van der Waals surface area (Å²) in [5.41, 5.74) is 0.805. The van der Waals surface area contributed by atoms with E-state index in [2.05, 4.69) is 0 Å². The lowest BCUT2D eigenvalue weighted by molar-refractivity contribution is 0.272. The van der Waals surface area contributed by atoms with Gasteiger partial charge in [0.1, 0.15) is 12.4 Å². The first-order valence-electron chi connectivity index (χ1n) is 5.01. The molecule has 0 saturated carbocycles. The van der Waals surface area contributed by atoms with E-state index in [-0.39, 0.29) is 6.61 Å². The average Bonchev–Trinajstić information content (AvgIpc) is 2.29. The van der Waals surface area contributed by atoms with Crippen LogP contribution in [0, 0.1) is 11.6 Å². The molecule has 0 atom stereocenters. The fourth-order valence-electron chi connectivity index (χ4n) is 1.41. The zero-order chi connectivity index (χ0) is 12.3. The van der Waals surface area contributed by atoms with Crippen LogP contribution in [-0.2, 0) is 6.61 Å². The van der Waals surface area contributed by atoms with E-state index < -0.39 is 23.1 Å². The van der Waals surface area contributed by atoms with Crippen LogP contribution in [0.2, 0.25) is 0 Å². The van der Waals surface area contributed by atoms with Gasteiger partial charge in [0.15, 0.2) is 17.4 Å². The minimum Gasteiger partial charge on any atom is -0.508 e. The Morgan fingerprint density at radius 3 is 2.18 bits per heavy atom. The molecule has 0 aliphatic rings. The Kier molecular flexibility index (Phi) is 3.23. The Morgan fingerprint density at radius 2 is 1.59 bits per heavy atom. The standard InChI is InChI=1S/C13H10F2O2/c14-11-6-10(16)7-12(15)13(11)17-8-9-4-2-1-3-5-9/h1-7,16H,8H2. The fourth-order valence-corrected chi connectivity index (χ4v) is 1.41. The van der Waals surface area contributed by atoms with Crippen molar-refractivity contribution in [3.05, 3.63) is 59.7 Å². The molecule has 0 spiro atoms. The third-order valence-corrected chi connectivity index (χ3v) is 2.21. The molecule has 2 rings (SSSR count).